The summed E-state index contributed by atoms with van der Waals surface area (Å²) in [6.07, 6.45) is 0. The lowest BCUT2D eigenvalue weighted by Gasteiger charge is -2.02. The standard InChI is InChI=1S/C26H22N8/c27-14-12-21-22(13-4-2-1-3-5-13)15-6-7-16(31-15)23(28)17-8-9-18(32-17)24(29)19-10-11-20(33-19)25(30)26(14)34-21/h1-12,29-34H,27-28H2. The molecule has 0 amide bonds. The highest BCUT2D eigenvalue weighted by atomic mass is 14.8. The summed E-state index contributed by atoms with van der Waals surface area (Å²) in [6, 6.07) is 23.0. The zero-order valence-electron chi connectivity index (χ0n) is 18.1. The van der Waals surface area contributed by atoms with Crippen LogP contribution in [0.2, 0.25) is 0 Å². The number of anilines is 2. The predicted octanol–water partition coefficient (Wildman–Crippen LogP) is 4.53. The van der Waals surface area contributed by atoms with Gasteiger partial charge in [-0.1, -0.05) is 30.3 Å². The smallest absolute Gasteiger partial charge is 0.103 e. The second-order valence-corrected chi connectivity index (χ2v) is 8.28. The summed E-state index contributed by atoms with van der Waals surface area (Å²) in [6.45, 7) is 0. The minimum atomic E-state index is 0.222. The molecular formula is C26H22N8. The van der Waals surface area contributed by atoms with Crippen LogP contribution >= 0.6 is 0 Å². The van der Waals surface area contributed by atoms with Gasteiger partial charge in [0.15, 0.2) is 0 Å². The Morgan fingerprint density at radius 3 is 1.74 bits per heavy atom. The van der Waals surface area contributed by atoms with Crippen molar-refractivity contribution in [2.75, 3.05) is 11.5 Å². The van der Waals surface area contributed by atoms with Crippen molar-refractivity contribution in [3.8, 4) is 11.1 Å². The molecule has 34 heavy (non-hydrogen) atoms. The molecule has 6 rings (SSSR count). The van der Waals surface area contributed by atoms with Gasteiger partial charge in [-0.2, -0.15) is 0 Å². The normalized spacial score (nSPS) is 11.4. The molecule has 8 nitrogen and oxygen atoms in total. The number of nitrogens with two attached hydrogens (primary N) is 2. The molecule has 0 aliphatic heterocycles. The Hall–Kier alpha value is -4.98. The van der Waals surface area contributed by atoms with E-state index in [2.05, 4.69) is 19.9 Å². The van der Waals surface area contributed by atoms with Crippen LogP contribution in [0.1, 0.15) is 0 Å². The summed E-state index contributed by atoms with van der Waals surface area (Å²) >= 11 is 0. The highest BCUT2D eigenvalue weighted by Gasteiger charge is 2.10. The van der Waals surface area contributed by atoms with Gasteiger partial charge < -0.3 is 31.4 Å². The van der Waals surface area contributed by atoms with E-state index in [4.69, 9.17) is 22.3 Å². The maximum Gasteiger partial charge on any atom is 0.103 e. The Bertz CT molecular complexity index is 1920. The van der Waals surface area contributed by atoms with E-state index in [0.717, 1.165) is 27.7 Å². The number of hydrogen-bond donors (Lipinski definition) is 8. The summed E-state index contributed by atoms with van der Waals surface area (Å²) in [4.78, 5) is 13.2. The number of nitrogen functional groups attached to an aromatic ring is 2. The highest BCUT2D eigenvalue weighted by molar-refractivity contribution is 5.97. The van der Waals surface area contributed by atoms with E-state index in [9.17, 15) is 0 Å². The zero-order chi connectivity index (χ0) is 23.4. The monoisotopic (exact) mass is 446 g/mol. The molecule has 0 spiro atoms. The fourth-order valence-electron chi connectivity index (χ4n) is 4.38. The fraction of sp³-hybridized carbons (Fsp3) is 0. The first-order valence-corrected chi connectivity index (χ1v) is 10.8. The lowest BCUT2D eigenvalue weighted by molar-refractivity contribution is 1.27. The van der Waals surface area contributed by atoms with Gasteiger partial charge in [0.25, 0.3) is 0 Å². The van der Waals surface area contributed by atoms with Crippen LogP contribution in [0.25, 0.3) is 55.3 Å². The quantitative estimate of drug-likeness (QED) is 0.186. The van der Waals surface area contributed by atoms with Crippen molar-refractivity contribution in [2.24, 2.45) is 0 Å². The van der Waals surface area contributed by atoms with E-state index >= 15 is 0 Å². The molecule has 0 saturated heterocycles. The number of benzene rings is 1. The Labute approximate surface area is 192 Å². The molecule has 0 atom stereocenters. The van der Waals surface area contributed by atoms with Crippen LogP contribution in [-0.2, 0) is 0 Å². The molecule has 8 bridgehead atoms. The summed E-state index contributed by atoms with van der Waals surface area (Å²) in [5.74, 6) is 0. The van der Waals surface area contributed by atoms with E-state index in [0.29, 0.717) is 39.0 Å². The van der Waals surface area contributed by atoms with Crippen molar-refractivity contribution in [3.63, 3.8) is 0 Å². The molecule has 8 heteroatoms. The fourth-order valence-corrected chi connectivity index (χ4v) is 4.38. The van der Waals surface area contributed by atoms with Gasteiger partial charge >= 0.3 is 0 Å². The second kappa shape index (κ2) is 7.28. The van der Waals surface area contributed by atoms with Crippen molar-refractivity contribution in [3.05, 3.63) is 83.5 Å². The topological polar surface area (TPSA) is 163 Å². The Balaban J connectivity index is 1.87. The van der Waals surface area contributed by atoms with Gasteiger partial charge in [0.05, 0.1) is 50.0 Å². The van der Waals surface area contributed by atoms with Crippen molar-refractivity contribution in [1.29, 1.82) is 10.8 Å². The third-order valence-corrected chi connectivity index (χ3v) is 6.15. The van der Waals surface area contributed by atoms with Crippen LogP contribution in [0.3, 0.4) is 0 Å². The highest BCUT2D eigenvalue weighted by Crippen LogP contribution is 2.30. The van der Waals surface area contributed by atoms with Crippen LogP contribution < -0.4 is 22.2 Å². The molecular weight excluding hydrogens is 424 g/mol. The van der Waals surface area contributed by atoms with Crippen molar-refractivity contribution >= 4 is 55.5 Å². The number of aromatic nitrogens is 4. The van der Waals surface area contributed by atoms with E-state index in [-0.39, 0.29) is 10.7 Å². The van der Waals surface area contributed by atoms with E-state index in [1.54, 1.807) is 12.1 Å². The third kappa shape index (κ3) is 3.01. The first kappa shape index (κ1) is 19.7. The summed E-state index contributed by atoms with van der Waals surface area (Å²) < 4.78 is 0. The largest absolute Gasteiger partial charge is 0.397 e. The SMILES string of the molecule is N=c1c2ccc([nH]2)c(N)c2ccc([nH]2)c(-c2ccccc2)c2cc(N)c([nH]2)c(=N)c2ccc1[nH]2. The van der Waals surface area contributed by atoms with E-state index < -0.39 is 0 Å². The molecule has 0 radical (unpaired) electrons. The minimum Gasteiger partial charge on any atom is -0.397 e. The summed E-state index contributed by atoms with van der Waals surface area (Å²) in [7, 11) is 0. The van der Waals surface area contributed by atoms with Gasteiger partial charge in [-0.15, -0.1) is 0 Å². The third-order valence-electron chi connectivity index (χ3n) is 6.15. The number of aromatic amines is 4. The van der Waals surface area contributed by atoms with Crippen molar-refractivity contribution < 1.29 is 0 Å². The van der Waals surface area contributed by atoms with Gasteiger partial charge in [0, 0.05) is 11.1 Å². The van der Waals surface area contributed by atoms with Crippen LogP contribution in [0, 0.1) is 10.8 Å². The molecule has 0 saturated carbocycles. The van der Waals surface area contributed by atoms with Gasteiger partial charge in [-0.3, -0.25) is 10.8 Å². The van der Waals surface area contributed by atoms with E-state index in [1.807, 2.05) is 60.7 Å². The van der Waals surface area contributed by atoms with Crippen molar-refractivity contribution in [1.82, 2.24) is 19.9 Å². The Kier molecular flexibility index (Phi) is 4.21. The molecule has 5 heterocycles. The van der Waals surface area contributed by atoms with Crippen molar-refractivity contribution in [2.45, 2.75) is 0 Å². The lowest BCUT2D eigenvalue weighted by Crippen LogP contribution is -2.03. The maximum absolute atomic E-state index is 8.79. The summed E-state index contributed by atoms with van der Waals surface area (Å²) in [5, 5.41) is 17.9. The van der Waals surface area contributed by atoms with Crippen LogP contribution in [0.15, 0.2) is 72.8 Å². The average Bonchev–Trinajstić information content (AvgIpc) is 3.65. The molecule has 0 aliphatic rings. The molecule has 0 unspecified atom stereocenters. The van der Waals surface area contributed by atoms with Gasteiger partial charge in [-0.05, 0) is 48.0 Å². The van der Waals surface area contributed by atoms with Crippen LogP contribution in [0.4, 0.5) is 11.4 Å². The van der Waals surface area contributed by atoms with Gasteiger partial charge in [0.2, 0.25) is 0 Å². The molecule has 0 aliphatic carbocycles. The maximum atomic E-state index is 8.79. The average molecular weight is 447 g/mol. The second-order valence-electron chi connectivity index (χ2n) is 8.28. The number of rotatable bonds is 1. The van der Waals surface area contributed by atoms with E-state index in [1.165, 1.54) is 0 Å². The summed E-state index contributed by atoms with van der Waals surface area (Å²) in [5.41, 5.74) is 21.2. The number of nitrogens with one attached hydrogen (secondary N) is 6. The number of hydrogen-bond acceptors (Lipinski definition) is 4. The Morgan fingerprint density at radius 2 is 1.06 bits per heavy atom. The predicted molar refractivity (Wildman–Crippen MR) is 137 cm³/mol. The molecule has 5 aromatic heterocycles. The zero-order valence-corrected chi connectivity index (χ0v) is 18.1. The van der Waals surface area contributed by atoms with Crippen LogP contribution in [0.5, 0.6) is 0 Å². The molecule has 166 valence electrons. The first-order valence-electron chi connectivity index (χ1n) is 10.8. The molecule has 10 N–H and O–H groups in total. The molecule has 6 aromatic rings. The molecule has 0 fully saturated rings. The lowest BCUT2D eigenvalue weighted by atomic mass is 10.1. The van der Waals surface area contributed by atoms with Gasteiger partial charge in [-0.25, -0.2) is 0 Å². The van der Waals surface area contributed by atoms with Crippen LogP contribution in [-0.4, -0.2) is 19.9 Å². The number of fused-ring (bicyclic) bond motifs is 8. The Morgan fingerprint density at radius 1 is 0.529 bits per heavy atom. The first-order chi connectivity index (χ1) is 16.5. The van der Waals surface area contributed by atoms with Gasteiger partial charge in [0.1, 0.15) is 10.7 Å². The number of H-pyrrole nitrogens is 4. The molecule has 1 aromatic carbocycles. The minimum absolute atomic E-state index is 0.222.